The van der Waals surface area contributed by atoms with Crippen molar-refractivity contribution in [2.75, 3.05) is 39.6 Å². The van der Waals surface area contributed by atoms with E-state index in [2.05, 4.69) is 41.5 Å². The SMILES string of the molecule is CCCCCCCCCCCCCCCCCCCC(=O)OC[C@H](COP(=O)(O)OC[C@@H](O)COP(=O)(O)OC[C@@H](COC(=O)CCCCCCCCC(C)CC)OC(=O)CCCCCCCCCCCC(C)C)OC(=O)CCCCCCCCCCCCCCCCCCC. The molecule has 0 amide bonds. The Labute approximate surface area is 588 Å². The van der Waals surface area contributed by atoms with Crippen molar-refractivity contribution in [1.29, 1.82) is 0 Å². The van der Waals surface area contributed by atoms with Crippen LogP contribution in [0, 0.1) is 11.8 Å². The average molecular weight is 1410 g/mol. The van der Waals surface area contributed by atoms with Crippen LogP contribution in [0.4, 0.5) is 0 Å². The van der Waals surface area contributed by atoms with Gasteiger partial charge in [-0.05, 0) is 37.5 Å². The van der Waals surface area contributed by atoms with Crippen LogP contribution in [0.15, 0.2) is 0 Å². The van der Waals surface area contributed by atoms with Crippen molar-refractivity contribution in [1.82, 2.24) is 0 Å². The highest BCUT2D eigenvalue weighted by molar-refractivity contribution is 7.47. The first-order chi connectivity index (χ1) is 46.4. The Bertz CT molecular complexity index is 1860. The first kappa shape index (κ1) is 94.1. The van der Waals surface area contributed by atoms with Gasteiger partial charge in [0.25, 0.3) is 0 Å². The molecule has 6 atom stereocenters. The number of carbonyl (C=O) groups is 4. The number of carbonyl (C=O) groups excluding carboxylic acids is 4. The van der Waals surface area contributed by atoms with Crippen LogP contribution in [0.25, 0.3) is 0 Å². The Morgan fingerprint density at radius 1 is 0.302 bits per heavy atom. The van der Waals surface area contributed by atoms with Crippen LogP contribution < -0.4 is 0 Å². The summed E-state index contributed by atoms with van der Waals surface area (Å²) >= 11 is 0. The molecule has 0 aliphatic heterocycles. The van der Waals surface area contributed by atoms with Crippen LogP contribution in [-0.2, 0) is 65.4 Å². The number of aliphatic hydroxyl groups is 1. The quantitative estimate of drug-likeness (QED) is 0.0222. The maximum absolute atomic E-state index is 13.1. The predicted molar refractivity (Wildman–Crippen MR) is 391 cm³/mol. The summed E-state index contributed by atoms with van der Waals surface area (Å²) in [7, 11) is -9.91. The molecule has 0 rings (SSSR count). The second kappa shape index (κ2) is 68.8. The molecule has 0 saturated heterocycles. The first-order valence-corrected chi connectivity index (χ1v) is 43.0. The monoisotopic (exact) mass is 1410 g/mol. The van der Waals surface area contributed by atoms with Gasteiger partial charge in [-0.2, -0.15) is 0 Å². The van der Waals surface area contributed by atoms with Gasteiger partial charge in [-0.1, -0.05) is 350 Å². The molecule has 0 aliphatic carbocycles. The number of phosphoric ester groups is 2. The van der Waals surface area contributed by atoms with Crippen molar-refractivity contribution in [2.24, 2.45) is 11.8 Å². The number of ether oxygens (including phenoxy) is 4. The fourth-order valence-electron chi connectivity index (χ4n) is 11.8. The zero-order chi connectivity index (χ0) is 70.7. The van der Waals surface area contributed by atoms with E-state index in [9.17, 15) is 43.2 Å². The van der Waals surface area contributed by atoms with Crippen LogP contribution in [0.1, 0.15) is 401 Å². The molecular weight excluding hydrogens is 1260 g/mol. The Kier molecular flexibility index (Phi) is 67.4. The van der Waals surface area contributed by atoms with Crippen molar-refractivity contribution in [3.8, 4) is 0 Å². The van der Waals surface area contributed by atoms with E-state index in [1.54, 1.807) is 0 Å². The summed E-state index contributed by atoms with van der Waals surface area (Å²) in [5, 5.41) is 10.6. The number of hydrogen-bond donors (Lipinski definition) is 3. The molecule has 3 N–H and O–H groups in total. The molecular formula is C77H150O17P2. The Morgan fingerprint density at radius 3 is 0.792 bits per heavy atom. The molecule has 0 fully saturated rings. The Balaban J connectivity index is 5.24. The molecule has 0 aromatic heterocycles. The minimum Gasteiger partial charge on any atom is -0.462 e. The van der Waals surface area contributed by atoms with Crippen LogP contribution in [0.2, 0.25) is 0 Å². The van der Waals surface area contributed by atoms with Crippen molar-refractivity contribution >= 4 is 39.5 Å². The third kappa shape index (κ3) is 69.2. The van der Waals surface area contributed by atoms with Gasteiger partial charge in [0.05, 0.1) is 26.4 Å². The highest BCUT2D eigenvalue weighted by Gasteiger charge is 2.30. The number of esters is 4. The maximum atomic E-state index is 13.1. The highest BCUT2D eigenvalue weighted by atomic mass is 31.2. The van der Waals surface area contributed by atoms with Gasteiger partial charge >= 0.3 is 39.5 Å². The summed E-state index contributed by atoms with van der Waals surface area (Å²) in [5.74, 6) is -0.648. The van der Waals surface area contributed by atoms with Gasteiger partial charge in [-0.3, -0.25) is 37.3 Å². The van der Waals surface area contributed by atoms with Crippen molar-refractivity contribution in [3.05, 3.63) is 0 Å². The molecule has 19 heteroatoms. The molecule has 96 heavy (non-hydrogen) atoms. The molecule has 3 unspecified atom stereocenters. The average Bonchev–Trinajstić information content (AvgIpc) is 1.22. The third-order valence-corrected chi connectivity index (χ3v) is 20.2. The Morgan fingerprint density at radius 2 is 0.531 bits per heavy atom. The van der Waals surface area contributed by atoms with Gasteiger partial charge in [0.15, 0.2) is 12.2 Å². The zero-order valence-corrected chi connectivity index (χ0v) is 64.5. The van der Waals surface area contributed by atoms with E-state index in [4.69, 9.17) is 37.0 Å². The lowest BCUT2D eigenvalue weighted by Crippen LogP contribution is -2.30. The minimum absolute atomic E-state index is 0.105. The number of unbranched alkanes of at least 4 members (excludes halogenated alkanes) is 45. The number of hydrogen-bond acceptors (Lipinski definition) is 15. The van der Waals surface area contributed by atoms with E-state index >= 15 is 0 Å². The fraction of sp³-hybridized carbons (Fsp3) is 0.948. The van der Waals surface area contributed by atoms with Gasteiger partial charge in [0, 0.05) is 25.7 Å². The zero-order valence-electron chi connectivity index (χ0n) is 62.7. The second-order valence-electron chi connectivity index (χ2n) is 28.5. The molecule has 0 aromatic carbocycles. The molecule has 0 aliphatic rings. The van der Waals surface area contributed by atoms with E-state index in [1.807, 2.05) is 0 Å². The fourth-order valence-corrected chi connectivity index (χ4v) is 13.4. The van der Waals surface area contributed by atoms with E-state index in [0.717, 1.165) is 108 Å². The van der Waals surface area contributed by atoms with Crippen LogP contribution in [0.5, 0.6) is 0 Å². The second-order valence-corrected chi connectivity index (χ2v) is 31.4. The number of aliphatic hydroxyl groups excluding tert-OH is 1. The topological polar surface area (TPSA) is 237 Å². The van der Waals surface area contributed by atoms with Crippen LogP contribution in [0.3, 0.4) is 0 Å². The van der Waals surface area contributed by atoms with Crippen molar-refractivity contribution < 1.29 is 80.2 Å². The molecule has 17 nitrogen and oxygen atoms in total. The minimum atomic E-state index is -4.96. The molecule has 0 spiro atoms. The van der Waals surface area contributed by atoms with Crippen molar-refractivity contribution in [2.45, 2.75) is 419 Å². The lowest BCUT2D eigenvalue weighted by atomic mass is 10.00. The van der Waals surface area contributed by atoms with E-state index in [0.29, 0.717) is 25.7 Å². The summed E-state index contributed by atoms with van der Waals surface area (Å²) in [4.78, 5) is 72.8. The molecule has 570 valence electrons. The molecule has 0 aromatic rings. The normalized spacial score (nSPS) is 14.3. The molecule has 0 bridgehead atoms. The summed E-state index contributed by atoms with van der Waals surface area (Å²) < 4.78 is 68.6. The molecule has 0 radical (unpaired) electrons. The van der Waals surface area contributed by atoms with Gasteiger partial charge < -0.3 is 33.8 Å². The van der Waals surface area contributed by atoms with Gasteiger partial charge in [-0.15, -0.1) is 0 Å². The first-order valence-electron chi connectivity index (χ1n) is 40.0. The Hall–Kier alpha value is -1.94. The summed E-state index contributed by atoms with van der Waals surface area (Å²) in [6.45, 7) is 9.54. The standard InChI is InChI=1S/C77H150O17P2/c1-7-10-12-14-16-18-20-22-24-26-28-30-32-36-40-47-53-59-74(79)87-65-72(93-76(81)61-55-49-41-37-33-31-29-27-25-23-21-19-17-15-13-11-8-2)67-91-95(83,84)89-63-71(78)64-90-96(85,86)92-68-73(66-88-75(80)60-54-48-44-43-46-52-58-70(6)9-3)94-77(82)62-56-50-42-38-34-35-39-45-51-57-69(4)5/h69-73,78H,7-68H2,1-6H3,(H,83,84)(H,85,86)/t70?,71-,72-,73-/m1/s1. The lowest BCUT2D eigenvalue weighted by molar-refractivity contribution is -0.161. The van der Waals surface area contributed by atoms with Crippen LogP contribution in [-0.4, -0.2) is 96.7 Å². The summed E-state index contributed by atoms with van der Waals surface area (Å²) in [6, 6.07) is 0. The van der Waals surface area contributed by atoms with Crippen LogP contribution >= 0.6 is 15.6 Å². The summed E-state index contributed by atoms with van der Waals surface area (Å²) in [6.07, 6.45) is 56.9. The lowest BCUT2D eigenvalue weighted by Gasteiger charge is -2.21. The third-order valence-electron chi connectivity index (χ3n) is 18.3. The van der Waals surface area contributed by atoms with Gasteiger partial charge in [0.2, 0.25) is 0 Å². The molecule has 0 heterocycles. The van der Waals surface area contributed by atoms with Crippen molar-refractivity contribution in [3.63, 3.8) is 0 Å². The number of phosphoric acid groups is 2. The predicted octanol–water partition coefficient (Wildman–Crippen LogP) is 22.7. The highest BCUT2D eigenvalue weighted by Crippen LogP contribution is 2.45. The van der Waals surface area contributed by atoms with E-state index in [-0.39, 0.29) is 25.7 Å². The maximum Gasteiger partial charge on any atom is 0.472 e. The van der Waals surface area contributed by atoms with E-state index in [1.165, 1.54) is 212 Å². The number of rotatable bonds is 76. The van der Waals surface area contributed by atoms with Gasteiger partial charge in [0.1, 0.15) is 19.3 Å². The molecule has 0 saturated carbocycles. The van der Waals surface area contributed by atoms with E-state index < -0.39 is 97.5 Å². The van der Waals surface area contributed by atoms with Gasteiger partial charge in [-0.25, -0.2) is 9.13 Å². The largest absolute Gasteiger partial charge is 0.472 e. The smallest absolute Gasteiger partial charge is 0.462 e. The summed E-state index contributed by atoms with van der Waals surface area (Å²) in [5.41, 5.74) is 0.